The van der Waals surface area contributed by atoms with Crippen molar-refractivity contribution in [3.05, 3.63) is 29.8 Å². The van der Waals surface area contributed by atoms with Crippen molar-refractivity contribution >= 4 is 29.6 Å². The number of nitrogens with one attached hydrogen (secondary N) is 2. The van der Waals surface area contributed by atoms with E-state index in [9.17, 15) is 24.4 Å². The van der Waals surface area contributed by atoms with Gasteiger partial charge in [0.2, 0.25) is 5.91 Å². The van der Waals surface area contributed by atoms with Crippen LogP contribution >= 0.6 is 0 Å². The largest absolute Gasteiger partial charge is 0.469 e. The van der Waals surface area contributed by atoms with Crippen LogP contribution in [0.3, 0.4) is 0 Å². The Morgan fingerprint density at radius 1 is 1.03 bits per heavy atom. The molecule has 3 unspecified atom stereocenters. The van der Waals surface area contributed by atoms with E-state index in [0.29, 0.717) is 12.1 Å². The Kier molecular flexibility index (Phi) is 11.8. The lowest BCUT2D eigenvalue weighted by atomic mass is 9.67. The first-order chi connectivity index (χ1) is 17.6. The van der Waals surface area contributed by atoms with Crippen molar-refractivity contribution in [1.82, 2.24) is 5.32 Å². The number of nitriles is 1. The number of urea groups is 1. The number of hydrogen-bond acceptors (Lipinski definition) is 7. The van der Waals surface area contributed by atoms with Gasteiger partial charge in [0.25, 0.3) is 0 Å². The van der Waals surface area contributed by atoms with Crippen LogP contribution < -0.4 is 16.4 Å². The molecule has 1 aromatic rings. The van der Waals surface area contributed by atoms with Gasteiger partial charge < -0.3 is 25.8 Å². The number of esters is 2. The van der Waals surface area contributed by atoms with E-state index in [1.54, 1.807) is 39.8 Å². The van der Waals surface area contributed by atoms with Crippen LogP contribution in [0.4, 0.5) is 10.5 Å². The highest BCUT2D eigenvalue weighted by atomic mass is 16.5. The highest BCUT2D eigenvalue weighted by Crippen LogP contribution is 2.43. The maximum Gasteiger partial charge on any atom is 0.319 e. The minimum absolute atomic E-state index is 0.0365. The van der Waals surface area contributed by atoms with Gasteiger partial charge in [-0.15, -0.1) is 0 Å². The molecule has 3 atom stereocenters. The Morgan fingerprint density at radius 3 is 2.11 bits per heavy atom. The first-order valence-corrected chi connectivity index (χ1v) is 12.7. The molecule has 0 saturated carbocycles. The van der Waals surface area contributed by atoms with Gasteiger partial charge in [-0.1, -0.05) is 38.5 Å². The predicted octanol–water partition coefficient (Wildman–Crippen LogP) is 4.08. The van der Waals surface area contributed by atoms with Crippen molar-refractivity contribution in [2.75, 3.05) is 25.6 Å². The Hall–Kier alpha value is -3.61. The Labute approximate surface area is 225 Å². The maximum absolute atomic E-state index is 13.3. The molecular weight excluding hydrogens is 488 g/mol. The third kappa shape index (κ3) is 9.36. The molecule has 0 aromatic heterocycles. The van der Waals surface area contributed by atoms with Crippen LogP contribution in [0.15, 0.2) is 24.3 Å². The Morgan fingerprint density at radius 2 is 1.61 bits per heavy atom. The summed E-state index contributed by atoms with van der Waals surface area (Å²) in [6, 6.07) is 9.05. The minimum Gasteiger partial charge on any atom is -0.469 e. The number of primary amides is 1. The molecule has 0 spiro atoms. The van der Waals surface area contributed by atoms with E-state index >= 15 is 0 Å². The lowest BCUT2D eigenvalue weighted by molar-refractivity contribution is -0.158. The van der Waals surface area contributed by atoms with Crippen LogP contribution in [0.1, 0.15) is 65.9 Å². The van der Waals surface area contributed by atoms with E-state index in [4.69, 9.17) is 15.2 Å². The lowest BCUT2D eigenvalue weighted by Crippen LogP contribution is -2.43. The average molecular weight is 531 g/mol. The topological polar surface area (TPSA) is 161 Å². The first-order valence-electron chi connectivity index (χ1n) is 12.7. The van der Waals surface area contributed by atoms with Gasteiger partial charge in [0, 0.05) is 17.0 Å². The molecule has 38 heavy (non-hydrogen) atoms. The van der Waals surface area contributed by atoms with Crippen LogP contribution in [-0.2, 0) is 23.9 Å². The molecule has 10 nitrogen and oxygen atoms in total. The molecule has 0 aliphatic carbocycles. The van der Waals surface area contributed by atoms with E-state index < -0.39 is 46.0 Å². The molecule has 0 aliphatic heterocycles. The van der Waals surface area contributed by atoms with E-state index in [1.807, 2.05) is 26.0 Å². The molecule has 1 rings (SSSR count). The van der Waals surface area contributed by atoms with Gasteiger partial charge in [-0.05, 0) is 58.6 Å². The summed E-state index contributed by atoms with van der Waals surface area (Å²) in [7, 11) is 1.30. The SMILES string of the molecule is CCC(C)(CC(C#N)CC(C)(CC(C)(C)C(N)=O)C(=O)OCCNC(=O)Nc1ccc(C)cc1)C(=O)OC. The number of carbonyl (C=O) groups excluding carboxylic acids is 4. The highest BCUT2D eigenvalue weighted by Gasteiger charge is 2.45. The second-order valence-electron chi connectivity index (χ2n) is 11.0. The minimum atomic E-state index is -1.26. The number of rotatable bonds is 14. The van der Waals surface area contributed by atoms with Crippen molar-refractivity contribution in [2.24, 2.45) is 27.9 Å². The number of hydrogen-bond donors (Lipinski definition) is 3. The zero-order valence-corrected chi connectivity index (χ0v) is 23.6. The molecule has 0 fully saturated rings. The summed E-state index contributed by atoms with van der Waals surface area (Å²) in [6.45, 7) is 10.3. The summed E-state index contributed by atoms with van der Waals surface area (Å²) < 4.78 is 10.4. The van der Waals surface area contributed by atoms with E-state index in [-0.39, 0.29) is 32.4 Å². The van der Waals surface area contributed by atoms with Gasteiger partial charge in [-0.25, -0.2) is 4.79 Å². The van der Waals surface area contributed by atoms with Crippen molar-refractivity contribution < 1.29 is 28.7 Å². The van der Waals surface area contributed by atoms with E-state index in [0.717, 1.165) is 5.56 Å². The smallest absolute Gasteiger partial charge is 0.319 e. The quantitative estimate of drug-likeness (QED) is 0.241. The fourth-order valence-electron chi connectivity index (χ4n) is 4.45. The van der Waals surface area contributed by atoms with Gasteiger partial charge in [-0.2, -0.15) is 5.26 Å². The fourth-order valence-corrected chi connectivity index (χ4v) is 4.45. The number of benzene rings is 1. The van der Waals surface area contributed by atoms with Crippen molar-refractivity contribution in [3.8, 4) is 6.07 Å². The summed E-state index contributed by atoms with van der Waals surface area (Å²) in [5.41, 5.74) is 4.04. The molecule has 0 saturated heterocycles. The third-order valence-electron chi connectivity index (χ3n) is 6.96. The number of ether oxygens (including phenoxy) is 2. The number of nitrogens with two attached hydrogens (primary N) is 1. The van der Waals surface area contributed by atoms with Crippen LogP contribution in [0, 0.1) is 40.4 Å². The van der Waals surface area contributed by atoms with Crippen molar-refractivity contribution in [3.63, 3.8) is 0 Å². The monoisotopic (exact) mass is 530 g/mol. The van der Waals surface area contributed by atoms with Crippen LogP contribution in [0.2, 0.25) is 0 Å². The normalized spacial score (nSPS) is 15.1. The molecule has 3 amide bonds. The second kappa shape index (κ2) is 13.8. The van der Waals surface area contributed by atoms with Crippen LogP contribution in [0.5, 0.6) is 0 Å². The highest BCUT2D eigenvalue weighted by molar-refractivity contribution is 5.89. The predicted molar refractivity (Wildman–Crippen MR) is 144 cm³/mol. The number of nitrogens with zero attached hydrogens (tertiary/aromatic N) is 1. The lowest BCUT2D eigenvalue weighted by Gasteiger charge is -2.36. The molecular formula is C28H42N4O6. The number of anilines is 1. The molecule has 210 valence electrons. The maximum atomic E-state index is 13.3. The number of aryl methyl sites for hydroxylation is 1. The Bertz CT molecular complexity index is 1030. The van der Waals surface area contributed by atoms with Gasteiger partial charge in [0.05, 0.1) is 30.6 Å². The standard InChI is InChI=1S/C28H42N4O6/c1-8-27(5,23(34)37-7)15-20(17-29)16-28(6,18-26(3,4)22(30)33)24(35)38-14-13-31-25(36)32-21-11-9-19(2)10-12-21/h9-12,20H,8,13-16,18H2,1-7H3,(H2,30,33)(H2,31,32,36). The van der Waals surface area contributed by atoms with Gasteiger partial charge in [0.15, 0.2) is 0 Å². The number of carbonyl (C=O) groups is 4. The molecule has 0 heterocycles. The second-order valence-corrected chi connectivity index (χ2v) is 11.0. The summed E-state index contributed by atoms with van der Waals surface area (Å²) in [4.78, 5) is 49.9. The molecule has 10 heteroatoms. The number of methoxy groups -OCH3 is 1. The molecule has 0 bridgehead atoms. The van der Waals surface area contributed by atoms with Crippen molar-refractivity contribution in [1.29, 1.82) is 5.26 Å². The zero-order valence-electron chi connectivity index (χ0n) is 23.6. The number of amides is 3. The molecule has 0 aliphatic rings. The summed E-state index contributed by atoms with van der Waals surface area (Å²) in [5, 5.41) is 15.2. The molecule has 4 N–H and O–H groups in total. The summed E-state index contributed by atoms with van der Waals surface area (Å²) >= 11 is 0. The average Bonchev–Trinajstić information content (AvgIpc) is 2.86. The van der Waals surface area contributed by atoms with Gasteiger partial charge >= 0.3 is 18.0 Å². The van der Waals surface area contributed by atoms with Crippen molar-refractivity contribution in [2.45, 2.75) is 67.2 Å². The Balaban J connectivity index is 2.93. The van der Waals surface area contributed by atoms with E-state index in [2.05, 4.69) is 16.7 Å². The molecule has 0 radical (unpaired) electrons. The van der Waals surface area contributed by atoms with Crippen LogP contribution in [0.25, 0.3) is 0 Å². The van der Waals surface area contributed by atoms with E-state index in [1.165, 1.54) is 7.11 Å². The third-order valence-corrected chi connectivity index (χ3v) is 6.96. The zero-order chi connectivity index (χ0) is 29.1. The van der Waals surface area contributed by atoms with Crippen LogP contribution in [-0.4, -0.2) is 44.1 Å². The molecule has 1 aromatic carbocycles. The van der Waals surface area contributed by atoms with Gasteiger partial charge in [-0.3, -0.25) is 14.4 Å². The summed E-state index contributed by atoms with van der Waals surface area (Å²) in [5.74, 6) is -2.34. The van der Waals surface area contributed by atoms with Gasteiger partial charge in [0.1, 0.15) is 6.61 Å². The summed E-state index contributed by atoms with van der Waals surface area (Å²) in [6.07, 6.45) is 0.705. The fraction of sp³-hybridized carbons (Fsp3) is 0.607. The first kappa shape index (κ1) is 32.4.